The molecule has 0 aliphatic rings. The lowest BCUT2D eigenvalue weighted by Crippen LogP contribution is -2.33. The van der Waals surface area contributed by atoms with Crippen LogP contribution in [0.15, 0.2) is 18.2 Å². The number of nitrogens with one attached hydrogen (secondary N) is 1. The Morgan fingerprint density at radius 2 is 2.07 bits per heavy atom. The van der Waals surface area contributed by atoms with Crippen molar-refractivity contribution in [2.45, 2.75) is 6.92 Å². The van der Waals surface area contributed by atoms with E-state index < -0.39 is 5.91 Å². The number of benzene rings is 1. The molecule has 0 aromatic heterocycles. The first kappa shape index (κ1) is 11.0. The van der Waals surface area contributed by atoms with Crippen molar-refractivity contribution in [1.29, 1.82) is 0 Å². The summed E-state index contributed by atoms with van der Waals surface area (Å²) in [6, 6.07) is 4.95. The van der Waals surface area contributed by atoms with Crippen LogP contribution in [0.4, 0.5) is 5.69 Å². The minimum Gasteiger partial charge on any atom is -0.398 e. The van der Waals surface area contributed by atoms with Crippen molar-refractivity contribution in [1.82, 2.24) is 5.32 Å². The summed E-state index contributed by atoms with van der Waals surface area (Å²) in [4.78, 5) is 21.9. The molecule has 0 saturated carbocycles. The molecule has 0 saturated heterocycles. The normalized spacial score (nSPS) is 9.67. The summed E-state index contributed by atoms with van der Waals surface area (Å²) in [6.07, 6.45) is 0. The van der Waals surface area contributed by atoms with Crippen LogP contribution in [0, 0.1) is 6.92 Å². The second kappa shape index (κ2) is 4.45. The van der Waals surface area contributed by atoms with Gasteiger partial charge in [0.05, 0.1) is 6.54 Å². The second-order valence-corrected chi connectivity index (χ2v) is 3.22. The number of nitrogens with two attached hydrogens (primary N) is 2. The largest absolute Gasteiger partial charge is 0.398 e. The predicted molar refractivity (Wildman–Crippen MR) is 57.1 cm³/mol. The molecular formula is C10H13N3O2. The van der Waals surface area contributed by atoms with Crippen molar-refractivity contribution in [3.63, 3.8) is 0 Å². The monoisotopic (exact) mass is 207 g/mol. The van der Waals surface area contributed by atoms with Gasteiger partial charge < -0.3 is 16.8 Å². The Labute approximate surface area is 87.4 Å². The Balaban J connectivity index is 2.74. The summed E-state index contributed by atoms with van der Waals surface area (Å²) in [5.41, 5.74) is 12.4. The van der Waals surface area contributed by atoms with Gasteiger partial charge in [-0.25, -0.2) is 0 Å². The third kappa shape index (κ3) is 2.98. The van der Waals surface area contributed by atoms with Crippen LogP contribution < -0.4 is 16.8 Å². The van der Waals surface area contributed by atoms with Gasteiger partial charge in [-0.1, -0.05) is 6.07 Å². The Morgan fingerprint density at radius 3 is 2.60 bits per heavy atom. The van der Waals surface area contributed by atoms with Crippen LogP contribution in [0.2, 0.25) is 0 Å². The van der Waals surface area contributed by atoms with Gasteiger partial charge in [0.1, 0.15) is 0 Å². The van der Waals surface area contributed by atoms with E-state index in [4.69, 9.17) is 11.5 Å². The van der Waals surface area contributed by atoms with Crippen LogP contribution in [0.1, 0.15) is 15.9 Å². The molecule has 0 radical (unpaired) electrons. The molecule has 0 heterocycles. The summed E-state index contributed by atoms with van der Waals surface area (Å²) in [7, 11) is 0. The van der Waals surface area contributed by atoms with E-state index in [-0.39, 0.29) is 12.5 Å². The SMILES string of the molecule is Cc1ccc(C(=O)NCC(N)=O)cc1N. The molecule has 1 rings (SSSR count). The van der Waals surface area contributed by atoms with Crippen molar-refractivity contribution in [3.05, 3.63) is 29.3 Å². The minimum atomic E-state index is -0.580. The Bertz CT molecular complexity index is 402. The maximum absolute atomic E-state index is 11.4. The molecule has 0 atom stereocenters. The van der Waals surface area contributed by atoms with E-state index in [1.54, 1.807) is 18.2 Å². The molecule has 5 heteroatoms. The van der Waals surface area contributed by atoms with Crippen molar-refractivity contribution in [2.75, 3.05) is 12.3 Å². The van der Waals surface area contributed by atoms with E-state index in [1.807, 2.05) is 6.92 Å². The molecule has 5 nitrogen and oxygen atoms in total. The number of hydrogen-bond acceptors (Lipinski definition) is 3. The summed E-state index contributed by atoms with van der Waals surface area (Å²) in [5, 5.41) is 2.38. The second-order valence-electron chi connectivity index (χ2n) is 3.22. The molecule has 0 spiro atoms. The van der Waals surface area contributed by atoms with Crippen LogP contribution in [-0.4, -0.2) is 18.4 Å². The first-order valence-corrected chi connectivity index (χ1v) is 4.43. The number of anilines is 1. The van der Waals surface area contributed by atoms with Crippen LogP contribution >= 0.6 is 0 Å². The summed E-state index contributed by atoms with van der Waals surface area (Å²) < 4.78 is 0. The summed E-state index contributed by atoms with van der Waals surface area (Å²) in [5.74, 6) is -0.941. The van der Waals surface area contributed by atoms with Crippen molar-refractivity contribution < 1.29 is 9.59 Å². The molecule has 1 aromatic rings. The van der Waals surface area contributed by atoms with E-state index in [0.29, 0.717) is 11.3 Å². The fourth-order valence-corrected chi connectivity index (χ4v) is 1.05. The lowest BCUT2D eigenvalue weighted by atomic mass is 10.1. The quantitative estimate of drug-likeness (QED) is 0.598. The average Bonchev–Trinajstić information content (AvgIpc) is 2.18. The van der Waals surface area contributed by atoms with E-state index in [0.717, 1.165) is 5.56 Å². The number of carbonyl (C=O) groups excluding carboxylic acids is 2. The molecule has 5 N–H and O–H groups in total. The first-order valence-electron chi connectivity index (χ1n) is 4.43. The van der Waals surface area contributed by atoms with Gasteiger partial charge >= 0.3 is 0 Å². The van der Waals surface area contributed by atoms with Crippen LogP contribution in [0.5, 0.6) is 0 Å². The van der Waals surface area contributed by atoms with E-state index in [2.05, 4.69) is 5.32 Å². The zero-order valence-corrected chi connectivity index (χ0v) is 8.41. The first-order chi connectivity index (χ1) is 7.00. The summed E-state index contributed by atoms with van der Waals surface area (Å²) in [6.45, 7) is 1.67. The smallest absolute Gasteiger partial charge is 0.251 e. The van der Waals surface area contributed by atoms with Gasteiger partial charge in [0, 0.05) is 11.3 Å². The number of hydrogen-bond donors (Lipinski definition) is 3. The van der Waals surface area contributed by atoms with Gasteiger partial charge in [-0.05, 0) is 24.6 Å². The Hall–Kier alpha value is -2.04. The highest BCUT2D eigenvalue weighted by Gasteiger charge is 2.07. The predicted octanol–water partition coefficient (Wildman–Crippen LogP) is -0.208. The van der Waals surface area contributed by atoms with E-state index in [9.17, 15) is 9.59 Å². The lowest BCUT2D eigenvalue weighted by Gasteiger charge is -2.05. The number of aryl methyl sites for hydroxylation is 1. The lowest BCUT2D eigenvalue weighted by molar-refractivity contribution is -0.117. The Kier molecular flexibility index (Phi) is 3.28. The number of primary amides is 1. The maximum atomic E-state index is 11.4. The molecular weight excluding hydrogens is 194 g/mol. The highest BCUT2D eigenvalue weighted by atomic mass is 16.2. The van der Waals surface area contributed by atoms with Gasteiger partial charge in [-0.15, -0.1) is 0 Å². The highest BCUT2D eigenvalue weighted by molar-refractivity contribution is 5.97. The number of rotatable bonds is 3. The zero-order chi connectivity index (χ0) is 11.4. The Morgan fingerprint density at radius 1 is 1.40 bits per heavy atom. The molecule has 0 fully saturated rings. The molecule has 1 aromatic carbocycles. The molecule has 0 bridgehead atoms. The van der Waals surface area contributed by atoms with Crippen LogP contribution in [0.3, 0.4) is 0 Å². The summed E-state index contributed by atoms with van der Waals surface area (Å²) >= 11 is 0. The topological polar surface area (TPSA) is 98.2 Å². The van der Waals surface area contributed by atoms with Gasteiger partial charge in [0.2, 0.25) is 5.91 Å². The highest BCUT2D eigenvalue weighted by Crippen LogP contribution is 2.12. The molecule has 2 amide bonds. The van der Waals surface area contributed by atoms with Gasteiger partial charge in [0.25, 0.3) is 5.91 Å². The molecule has 80 valence electrons. The van der Waals surface area contributed by atoms with E-state index >= 15 is 0 Å². The number of amides is 2. The van der Waals surface area contributed by atoms with Crippen molar-refractivity contribution in [2.24, 2.45) is 5.73 Å². The molecule has 15 heavy (non-hydrogen) atoms. The molecule has 0 aliphatic heterocycles. The standard InChI is InChI=1S/C10H13N3O2/c1-6-2-3-7(4-8(6)11)10(15)13-5-9(12)14/h2-4H,5,11H2,1H3,(H2,12,14)(H,13,15). The van der Waals surface area contributed by atoms with Crippen LogP contribution in [0.25, 0.3) is 0 Å². The van der Waals surface area contributed by atoms with Gasteiger partial charge in [-0.3, -0.25) is 9.59 Å². The molecule has 0 aliphatic carbocycles. The molecule has 0 unspecified atom stereocenters. The fourth-order valence-electron chi connectivity index (χ4n) is 1.05. The maximum Gasteiger partial charge on any atom is 0.251 e. The fraction of sp³-hybridized carbons (Fsp3) is 0.200. The zero-order valence-electron chi connectivity index (χ0n) is 8.41. The van der Waals surface area contributed by atoms with E-state index in [1.165, 1.54) is 0 Å². The minimum absolute atomic E-state index is 0.174. The van der Waals surface area contributed by atoms with Gasteiger partial charge in [0.15, 0.2) is 0 Å². The third-order valence-electron chi connectivity index (χ3n) is 1.96. The number of carbonyl (C=O) groups is 2. The van der Waals surface area contributed by atoms with Gasteiger partial charge in [-0.2, -0.15) is 0 Å². The van der Waals surface area contributed by atoms with Crippen LogP contribution in [-0.2, 0) is 4.79 Å². The average molecular weight is 207 g/mol. The third-order valence-corrected chi connectivity index (χ3v) is 1.96. The number of nitrogen functional groups attached to an aromatic ring is 1. The van der Waals surface area contributed by atoms with Crippen molar-refractivity contribution >= 4 is 17.5 Å². The van der Waals surface area contributed by atoms with Crippen molar-refractivity contribution in [3.8, 4) is 0 Å².